The minimum absolute atomic E-state index is 0.0267. The lowest BCUT2D eigenvalue weighted by Gasteiger charge is -2.27. The van der Waals surface area contributed by atoms with Gasteiger partial charge in [0.1, 0.15) is 16.9 Å². The van der Waals surface area contributed by atoms with Gasteiger partial charge in [0, 0.05) is 10.4 Å². The van der Waals surface area contributed by atoms with E-state index in [2.05, 4.69) is 17.6 Å². The van der Waals surface area contributed by atoms with E-state index in [1.807, 2.05) is 19.1 Å². The summed E-state index contributed by atoms with van der Waals surface area (Å²) in [5.74, 6) is 0.919. The van der Waals surface area contributed by atoms with Crippen molar-refractivity contribution in [3.8, 4) is 5.75 Å². The van der Waals surface area contributed by atoms with Crippen molar-refractivity contribution >= 4 is 22.2 Å². The molecule has 1 aromatic heterocycles. The second-order valence-electron chi connectivity index (χ2n) is 6.84. The van der Waals surface area contributed by atoms with Crippen LogP contribution in [0.4, 0.5) is 5.00 Å². The number of carbonyl (C=O) groups excluding carboxylic acids is 1. The summed E-state index contributed by atoms with van der Waals surface area (Å²) >= 11 is 1.71. The SMILES string of the molecule is CC[C@@H]1CCc2c(sc3c2C(=O)N[C@H](c2ccc(C)cc2O)N3)C1. The van der Waals surface area contributed by atoms with Gasteiger partial charge >= 0.3 is 0 Å². The molecular formula is C19H22N2O2S. The minimum atomic E-state index is -0.382. The highest BCUT2D eigenvalue weighted by Gasteiger charge is 2.34. The molecule has 0 saturated carbocycles. The van der Waals surface area contributed by atoms with Gasteiger partial charge in [0.25, 0.3) is 5.91 Å². The maximum atomic E-state index is 12.7. The standard InChI is InChI=1S/C19H22N2O2S/c1-3-11-5-7-13-15(9-11)24-19-16(13)18(23)20-17(21-19)12-6-4-10(2)8-14(12)22/h4,6,8,11,17,21-22H,3,5,7,9H2,1-2H3,(H,20,23)/t11-,17+/m1/s1. The molecule has 0 bridgehead atoms. The third kappa shape index (κ3) is 2.47. The van der Waals surface area contributed by atoms with Gasteiger partial charge in [0.05, 0.1) is 5.56 Å². The molecule has 2 aromatic rings. The first kappa shape index (κ1) is 15.5. The van der Waals surface area contributed by atoms with Crippen molar-refractivity contribution in [3.05, 3.63) is 45.3 Å². The lowest BCUT2D eigenvalue weighted by Crippen LogP contribution is -2.38. The van der Waals surface area contributed by atoms with Gasteiger partial charge in [0.15, 0.2) is 0 Å². The molecule has 24 heavy (non-hydrogen) atoms. The molecule has 0 saturated heterocycles. The molecule has 1 aromatic carbocycles. The Bertz CT molecular complexity index is 812. The fraction of sp³-hybridized carbons (Fsp3) is 0.421. The van der Waals surface area contributed by atoms with E-state index in [1.54, 1.807) is 17.4 Å². The average Bonchev–Trinajstić information content (AvgIpc) is 2.92. The molecule has 5 heteroatoms. The molecule has 126 valence electrons. The van der Waals surface area contributed by atoms with Gasteiger partial charge in [-0.1, -0.05) is 25.5 Å². The van der Waals surface area contributed by atoms with Crippen molar-refractivity contribution in [1.82, 2.24) is 5.32 Å². The predicted octanol–water partition coefficient (Wildman–Crippen LogP) is 4.13. The molecule has 4 rings (SSSR count). The lowest BCUT2D eigenvalue weighted by atomic mass is 9.85. The number of phenolic OH excluding ortho intramolecular Hbond substituents is 1. The fourth-order valence-electron chi connectivity index (χ4n) is 3.77. The van der Waals surface area contributed by atoms with Crippen molar-refractivity contribution in [3.63, 3.8) is 0 Å². The van der Waals surface area contributed by atoms with Crippen LogP contribution in [0.5, 0.6) is 5.75 Å². The molecule has 1 amide bonds. The maximum Gasteiger partial charge on any atom is 0.256 e. The highest BCUT2D eigenvalue weighted by atomic mass is 32.1. The van der Waals surface area contributed by atoms with E-state index in [4.69, 9.17) is 0 Å². The summed E-state index contributed by atoms with van der Waals surface area (Å²) in [5, 5.41) is 17.6. The van der Waals surface area contributed by atoms with Crippen LogP contribution in [0, 0.1) is 12.8 Å². The number of nitrogens with one attached hydrogen (secondary N) is 2. The second-order valence-corrected chi connectivity index (χ2v) is 7.94. The zero-order valence-electron chi connectivity index (χ0n) is 14.0. The third-order valence-corrected chi connectivity index (χ3v) is 6.41. The van der Waals surface area contributed by atoms with Crippen LogP contribution in [0.25, 0.3) is 0 Å². The van der Waals surface area contributed by atoms with Crippen molar-refractivity contribution in [2.45, 2.75) is 45.7 Å². The first-order chi connectivity index (χ1) is 11.6. The van der Waals surface area contributed by atoms with Gasteiger partial charge in [-0.05, 0) is 49.3 Å². The highest BCUT2D eigenvalue weighted by molar-refractivity contribution is 7.16. The molecule has 1 aliphatic heterocycles. The van der Waals surface area contributed by atoms with Crippen LogP contribution in [0.2, 0.25) is 0 Å². The number of fused-ring (bicyclic) bond motifs is 3. The van der Waals surface area contributed by atoms with Gasteiger partial charge in [-0.25, -0.2) is 0 Å². The van der Waals surface area contributed by atoms with E-state index in [1.165, 1.54) is 23.3 Å². The van der Waals surface area contributed by atoms with E-state index in [0.717, 1.165) is 34.9 Å². The topological polar surface area (TPSA) is 61.4 Å². The van der Waals surface area contributed by atoms with Crippen LogP contribution < -0.4 is 10.6 Å². The molecule has 3 N–H and O–H groups in total. The molecule has 0 radical (unpaired) electrons. The number of rotatable bonds is 2. The first-order valence-corrected chi connectivity index (χ1v) is 9.40. The van der Waals surface area contributed by atoms with Crippen molar-refractivity contribution in [1.29, 1.82) is 0 Å². The van der Waals surface area contributed by atoms with Crippen LogP contribution in [0.15, 0.2) is 18.2 Å². The average molecular weight is 342 g/mol. The molecule has 2 aliphatic rings. The monoisotopic (exact) mass is 342 g/mol. The number of benzene rings is 1. The Balaban J connectivity index is 1.68. The Kier molecular flexibility index (Phi) is 3.76. The largest absolute Gasteiger partial charge is 0.508 e. The predicted molar refractivity (Wildman–Crippen MR) is 96.8 cm³/mol. The van der Waals surface area contributed by atoms with Crippen molar-refractivity contribution in [2.24, 2.45) is 5.92 Å². The molecule has 4 nitrogen and oxygen atoms in total. The summed E-state index contributed by atoms with van der Waals surface area (Å²) in [6.45, 7) is 4.18. The number of aromatic hydroxyl groups is 1. The summed E-state index contributed by atoms with van der Waals surface area (Å²) in [7, 11) is 0. The zero-order chi connectivity index (χ0) is 16.8. The number of hydrogen-bond acceptors (Lipinski definition) is 4. The molecule has 0 unspecified atom stereocenters. The molecule has 2 atom stereocenters. The first-order valence-electron chi connectivity index (χ1n) is 8.58. The van der Waals surface area contributed by atoms with E-state index >= 15 is 0 Å². The number of carbonyl (C=O) groups is 1. The third-order valence-electron chi connectivity index (χ3n) is 5.22. The smallest absolute Gasteiger partial charge is 0.256 e. The van der Waals surface area contributed by atoms with Gasteiger partial charge in [0.2, 0.25) is 0 Å². The highest BCUT2D eigenvalue weighted by Crippen LogP contribution is 2.43. The van der Waals surface area contributed by atoms with Crippen LogP contribution in [0.1, 0.15) is 57.9 Å². The Morgan fingerprint density at radius 2 is 2.17 bits per heavy atom. The minimum Gasteiger partial charge on any atom is -0.508 e. The van der Waals surface area contributed by atoms with Crippen LogP contribution in [-0.4, -0.2) is 11.0 Å². The maximum absolute atomic E-state index is 12.7. The normalized spacial score (nSPS) is 22.3. The quantitative estimate of drug-likeness (QED) is 0.769. The number of aryl methyl sites for hydroxylation is 1. The Hall–Kier alpha value is -2.01. The zero-order valence-corrected chi connectivity index (χ0v) is 14.8. The van der Waals surface area contributed by atoms with Gasteiger partial charge < -0.3 is 15.7 Å². The Morgan fingerprint density at radius 3 is 2.92 bits per heavy atom. The summed E-state index contributed by atoms with van der Waals surface area (Å²) in [6, 6.07) is 5.54. The van der Waals surface area contributed by atoms with Gasteiger partial charge in [-0.2, -0.15) is 0 Å². The number of thiophene rings is 1. The van der Waals surface area contributed by atoms with Crippen LogP contribution >= 0.6 is 11.3 Å². The summed E-state index contributed by atoms with van der Waals surface area (Å²) in [4.78, 5) is 14.1. The molecular weight excluding hydrogens is 320 g/mol. The Labute approximate surface area is 145 Å². The van der Waals surface area contributed by atoms with E-state index < -0.39 is 0 Å². The van der Waals surface area contributed by atoms with Gasteiger partial charge in [-0.3, -0.25) is 4.79 Å². The summed E-state index contributed by atoms with van der Waals surface area (Å²) in [5.41, 5.74) is 3.76. The number of phenols is 1. The number of amides is 1. The van der Waals surface area contributed by atoms with Crippen molar-refractivity contribution in [2.75, 3.05) is 5.32 Å². The van der Waals surface area contributed by atoms with Crippen molar-refractivity contribution < 1.29 is 9.90 Å². The van der Waals surface area contributed by atoms with E-state index in [9.17, 15) is 9.90 Å². The van der Waals surface area contributed by atoms with Crippen LogP contribution in [0.3, 0.4) is 0 Å². The Morgan fingerprint density at radius 1 is 1.33 bits per heavy atom. The molecule has 1 aliphatic carbocycles. The molecule has 0 fully saturated rings. The molecule has 0 spiro atoms. The number of anilines is 1. The second kappa shape index (κ2) is 5.81. The molecule has 2 heterocycles. The number of hydrogen-bond donors (Lipinski definition) is 3. The van der Waals surface area contributed by atoms with E-state index in [-0.39, 0.29) is 17.8 Å². The summed E-state index contributed by atoms with van der Waals surface area (Å²) in [6.07, 6.45) is 4.06. The lowest BCUT2D eigenvalue weighted by molar-refractivity contribution is 0.0935. The van der Waals surface area contributed by atoms with E-state index in [0.29, 0.717) is 5.56 Å². The van der Waals surface area contributed by atoms with Crippen LogP contribution in [-0.2, 0) is 12.8 Å². The fourth-order valence-corrected chi connectivity index (χ4v) is 5.16. The van der Waals surface area contributed by atoms with Gasteiger partial charge in [-0.15, -0.1) is 11.3 Å². The summed E-state index contributed by atoms with van der Waals surface area (Å²) < 4.78 is 0.